The van der Waals surface area contributed by atoms with Crippen LogP contribution in [-0.2, 0) is 4.84 Å². The van der Waals surface area contributed by atoms with Gasteiger partial charge in [-0.1, -0.05) is 0 Å². The maximum Gasteiger partial charge on any atom is 0.341 e. The molecule has 3 heterocycles. The summed E-state index contributed by atoms with van der Waals surface area (Å²) in [7, 11) is 1.46. The van der Waals surface area contributed by atoms with Gasteiger partial charge in [0.05, 0.1) is 24.7 Å². The quantitative estimate of drug-likeness (QED) is 0.250. The van der Waals surface area contributed by atoms with Crippen LogP contribution in [0, 0.1) is 11.6 Å². The van der Waals surface area contributed by atoms with Crippen LogP contribution in [0.3, 0.4) is 0 Å². The fourth-order valence-electron chi connectivity index (χ4n) is 4.36. The lowest BCUT2D eigenvalue weighted by molar-refractivity contribution is 0.0695. The summed E-state index contributed by atoms with van der Waals surface area (Å²) in [6.45, 7) is 0.840. The molecule has 13 heteroatoms. The summed E-state index contributed by atoms with van der Waals surface area (Å²) < 4.78 is 30.1. The van der Waals surface area contributed by atoms with E-state index in [4.69, 9.17) is 17.1 Å². The molecule has 38 heavy (non-hydrogen) atoms. The van der Waals surface area contributed by atoms with Gasteiger partial charge in [0.1, 0.15) is 17.0 Å². The maximum absolute atomic E-state index is 15.3. The number of fused-ring (bicyclic) bond motifs is 1. The number of aromatic carboxylic acids is 1. The van der Waals surface area contributed by atoms with Gasteiger partial charge in [0.2, 0.25) is 5.43 Å². The van der Waals surface area contributed by atoms with Crippen molar-refractivity contribution in [2.75, 3.05) is 37.0 Å². The third-order valence-corrected chi connectivity index (χ3v) is 6.60. The Bertz CT molecular complexity index is 1520. The van der Waals surface area contributed by atoms with E-state index in [0.29, 0.717) is 23.0 Å². The molecule has 10 nitrogen and oxygen atoms in total. The van der Waals surface area contributed by atoms with Crippen LogP contribution in [0.1, 0.15) is 29.2 Å². The molecule has 1 saturated carbocycles. The first-order valence-electron chi connectivity index (χ1n) is 11.8. The van der Waals surface area contributed by atoms with E-state index < -0.39 is 22.8 Å². The van der Waals surface area contributed by atoms with Gasteiger partial charge in [-0.05, 0) is 61.0 Å². The van der Waals surface area contributed by atoms with Crippen molar-refractivity contribution < 1.29 is 23.5 Å². The Kier molecular flexibility index (Phi) is 6.95. The molecule has 198 valence electrons. The normalized spacial score (nSPS) is 15.2. The van der Waals surface area contributed by atoms with Crippen molar-refractivity contribution in [3.63, 3.8) is 0 Å². The van der Waals surface area contributed by atoms with E-state index in [1.54, 1.807) is 21.6 Å². The van der Waals surface area contributed by atoms with Crippen molar-refractivity contribution in [1.82, 2.24) is 20.3 Å². The number of rotatable bonds is 8. The molecule has 1 aliphatic heterocycles. The summed E-state index contributed by atoms with van der Waals surface area (Å²) in [6.07, 6.45) is 2.93. The molecular formula is C25H24F2N6O4S. The number of carboxylic acid groups (broad SMARTS) is 1. The molecule has 0 atom stereocenters. The van der Waals surface area contributed by atoms with Crippen LogP contribution in [-0.4, -0.2) is 52.5 Å². The van der Waals surface area contributed by atoms with Crippen molar-refractivity contribution in [1.29, 1.82) is 0 Å². The summed E-state index contributed by atoms with van der Waals surface area (Å²) in [5.41, 5.74) is 4.03. The summed E-state index contributed by atoms with van der Waals surface area (Å²) in [5, 5.41) is 15.7. The number of aromatic nitrogens is 2. The van der Waals surface area contributed by atoms with Crippen LogP contribution in [0.15, 0.2) is 52.6 Å². The van der Waals surface area contributed by atoms with Crippen molar-refractivity contribution >= 4 is 45.8 Å². The molecule has 1 aromatic carbocycles. The van der Waals surface area contributed by atoms with Crippen molar-refractivity contribution in [2.24, 2.45) is 0 Å². The lowest BCUT2D eigenvalue weighted by Crippen LogP contribution is -2.32. The third kappa shape index (κ3) is 5.15. The van der Waals surface area contributed by atoms with Gasteiger partial charge in [-0.15, -0.1) is 0 Å². The molecule has 2 aliphatic rings. The van der Waals surface area contributed by atoms with Gasteiger partial charge in [-0.2, -0.15) is 0 Å². The lowest BCUT2D eigenvalue weighted by atomic mass is 10.2. The first-order valence-corrected chi connectivity index (χ1v) is 12.2. The van der Waals surface area contributed by atoms with Gasteiger partial charge in [0.15, 0.2) is 16.7 Å². The minimum Gasteiger partial charge on any atom is -0.477 e. The molecule has 2 aromatic heterocycles. The fourth-order valence-corrected chi connectivity index (χ4v) is 4.55. The van der Waals surface area contributed by atoms with Gasteiger partial charge < -0.3 is 25.2 Å². The first kappa shape index (κ1) is 25.5. The van der Waals surface area contributed by atoms with Crippen molar-refractivity contribution in [2.45, 2.75) is 18.9 Å². The standard InChI is InChI=1S/C25H24F2N6O4S/c1-37-31-20-12-32(10-13(20)9-28-25(38)29-15-4-2-14(26)3-5-15)23-19(27)8-17-21(34)18(24(35)36)11-33(16-6-7-16)22(17)30-23/h2-5,8,11,16,31H,6-7,9-10,12H2,1H3,(H,35,36)(H2,28,29,38). The smallest absolute Gasteiger partial charge is 0.341 e. The number of nitrogens with one attached hydrogen (secondary N) is 3. The van der Waals surface area contributed by atoms with E-state index in [9.17, 15) is 19.1 Å². The van der Waals surface area contributed by atoms with E-state index in [1.165, 1.54) is 25.4 Å². The number of nitrogens with zero attached hydrogens (tertiary/aromatic N) is 3. The van der Waals surface area contributed by atoms with Crippen LogP contribution >= 0.6 is 12.2 Å². The molecule has 0 radical (unpaired) electrons. The highest BCUT2D eigenvalue weighted by molar-refractivity contribution is 7.80. The van der Waals surface area contributed by atoms with Crippen LogP contribution in [0.25, 0.3) is 11.0 Å². The Morgan fingerprint density at radius 2 is 1.97 bits per heavy atom. The zero-order chi connectivity index (χ0) is 27.0. The lowest BCUT2D eigenvalue weighted by Gasteiger charge is -2.20. The molecule has 0 saturated heterocycles. The zero-order valence-electron chi connectivity index (χ0n) is 20.3. The second kappa shape index (κ2) is 10.3. The Morgan fingerprint density at radius 3 is 2.63 bits per heavy atom. The molecule has 5 rings (SSSR count). The SMILES string of the molecule is CONC1=C(CNC(=S)Nc2ccc(F)cc2)CN(c2nc3c(cc2F)c(=O)c(C(=O)O)cn3C2CC2)C1. The largest absolute Gasteiger partial charge is 0.477 e. The highest BCUT2D eigenvalue weighted by Gasteiger charge is 2.30. The first-order chi connectivity index (χ1) is 18.2. The Morgan fingerprint density at radius 1 is 1.24 bits per heavy atom. The van der Waals surface area contributed by atoms with Crippen LogP contribution in [0.2, 0.25) is 0 Å². The number of hydrogen-bond donors (Lipinski definition) is 4. The Hall–Kier alpha value is -4.10. The molecule has 1 fully saturated rings. The molecule has 0 unspecified atom stereocenters. The van der Waals surface area contributed by atoms with E-state index in [0.717, 1.165) is 24.5 Å². The summed E-state index contributed by atoms with van der Waals surface area (Å²) >= 11 is 5.34. The maximum atomic E-state index is 15.3. The average molecular weight is 543 g/mol. The summed E-state index contributed by atoms with van der Waals surface area (Å²) in [5.74, 6) is -2.42. The Labute approximate surface area is 220 Å². The molecule has 0 amide bonds. The van der Waals surface area contributed by atoms with E-state index >= 15 is 4.39 Å². The number of hydroxylamine groups is 1. The van der Waals surface area contributed by atoms with E-state index in [-0.39, 0.29) is 41.8 Å². The van der Waals surface area contributed by atoms with Crippen LogP contribution in [0.4, 0.5) is 20.3 Å². The summed E-state index contributed by atoms with van der Waals surface area (Å²) in [6, 6.07) is 6.84. The Balaban J connectivity index is 1.38. The average Bonchev–Trinajstić information content (AvgIpc) is 3.65. The van der Waals surface area contributed by atoms with Gasteiger partial charge >= 0.3 is 5.97 Å². The van der Waals surface area contributed by atoms with Gasteiger partial charge in [0, 0.05) is 31.0 Å². The minimum atomic E-state index is -1.36. The minimum absolute atomic E-state index is 0.0128. The summed E-state index contributed by atoms with van der Waals surface area (Å²) in [4.78, 5) is 35.6. The fraction of sp³-hybridized carbons (Fsp3) is 0.280. The van der Waals surface area contributed by atoms with Crippen molar-refractivity contribution in [3.05, 3.63) is 75.2 Å². The number of benzene rings is 1. The van der Waals surface area contributed by atoms with E-state index in [1.807, 2.05) is 0 Å². The predicted molar refractivity (Wildman–Crippen MR) is 141 cm³/mol. The van der Waals surface area contributed by atoms with Gasteiger partial charge in [0.25, 0.3) is 0 Å². The monoisotopic (exact) mass is 542 g/mol. The second-order valence-corrected chi connectivity index (χ2v) is 9.45. The third-order valence-electron chi connectivity index (χ3n) is 6.36. The number of hydrogen-bond acceptors (Lipinski definition) is 7. The number of thiocarbonyl (C=S) groups is 1. The van der Waals surface area contributed by atoms with Crippen molar-refractivity contribution in [3.8, 4) is 0 Å². The number of halogens is 2. The van der Waals surface area contributed by atoms with Crippen LogP contribution in [0.5, 0.6) is 0 Å². The molecule has 4 N–H and O–H groups in total. The second-order valence-electron chi connectivity index (χ2n) is 9.04. The molecular weight excluding hydrogens is 518 g/mol. The molecule has 1 aliphatic carbocycles. The zero-order valence-corrected chi connectivity index (χ0v) is 21.1. The topological polar surface area (TPSA) is 121 Å². The number of carbonyl (C=O) groups is 1. The van der Waals surface area contributed by atoms with Crippen LogP contribution < -0.4 is 26.4 Å². The van der Waals surface area contributed by atoms with Gasteiger partial charge in [-0.3, -0.25) is 15.1 Å². The predicted octanol–water partition coefficient (Wildman–Crippen LogP) is 2.92. The number of pyridine rings is 2. The molecule has 3 aromatic rings. The number of carboxylic acids is 1. The highest BCUT2D eigenvalue weighted by Crippen LogP contribution is 2.37. The van der Waals surface area contributed by atoms with E-state index in [2.05, 4.69) is 21.1 Å². The number of anilines is 2. The molecule has 0 spiro atoms. The molecule has 0 bridgehead atoms. The highest BCUT2D eigenvalue weighted by atomic mass is 32.1. The van der Waals surface area contributed by atoms with Gasteiger partial charge in [-0.25, -0.2) is 18.6 Å².